The minimum Gasteiger partial charge on any atom is -0.478 e. The molecule has 0 heterocycles. The number of benzene rings is 1. The predicted octanol–water partition coefficient (Wildman–Crippen LogP) is 2.86. The van der Waals surface area contributed by atoms with E-state index in [1.54, 1.807) is 0 Å². The van der Waals surface area contributed by atoms with Crippen molar-refractivity contribution in [2.75, 3.05) is 6.54 Å². The Hall–Kier alpha value is -0.820. The molecule has 0 saturated heterocycles. The van der Waals surface area contributed by atoms with Crippen molar-refractivity contribution in [3.05, 3.63) is 28.5 Å². The van der Waals surface area contributed by atoms with E-state index >= 15 is 0 Å². The van der Waals surface area contributed by atoms with Crippen LogP contribution in [0.15, 0.2) is 22.7 Å². The molecule has 1 aromatic rings. The third-order valence-corrected chi connectivity index (χ3v) is 2.36. The lowest BCUT2D eigenvalue weighted by molar-refractivity contribution is -0.191. The first-order valence-corrected chi connectivity index (χ1v) is 5.02. The Balaban J connectivity index is 2.86. The third kappa shape index (κ3) is 3.34. The van der Waals surface area contributed by atoms with Crippen LogP contribution in [-0.2, 0) is 0 Å². The zero-order valence-electron chi connectivity index (χ0n) is 7.89. The van der Waals surface area contributed by atoms with Gasteiger partial charge in [-0.3, -0.25) is 0 Å². The molecule has 0 fully saturated rings. The quantitative estimate of drug-likeness (QED) is 0.871. The highest BCUT2D eigenvalue weighted by molar-refractivity contribution is 9.10. The van der Waals surface area contributed by atoms with Gasteiger partial charge in [-0.2, -0.15) is 13.2 Å². The number of alkyl halides is 3. The average molecular weight is 302 g/mol. The number of hydrogen-bond acceptors (Lipinski definition) is 2. The second-order valence-electron chi connectivity index (χ2n) is 2.96. The van der Waals surface area contributed by atoms with Crippen molar-refractivity contribution >= 4 is 15.9 Å². The molecule has 0 aliphatic rings. The molecule has 0 saturated carbocycles. The summed E-state index contributed by atoms with van der Waals surface area (Å²) in [5.41, 5.74) is 4.95. The second-order valence-corrected chi connectivity index (χ2v) is 3.81. The van der Waals surface area contributed by atoms with Crippen LogP contribution in [0.2, 0.25) is 0 Å². The Morgan fingerprint density at radius 1 is 1.38 bits per heavy atom. The molecule has 1 unspecified atom stereocenters. The van der Waals surface area contributed by atoms with E-state index in [0.29, 0.717) is 0 Å². The normalized spacial score (nSPS) is 13.6. The van der Waals surface area contributed by atoms with Gasteiger partial charge in [0.2, 0.25) is 6.10 Å². The summed E-state index contributed by atoms with van der Waals surface area (Å²) in [4.78, 5) is 0. The Labute approximate surface area is 97.5 Å². The van der Waals surface area contributed by atoms with Crippen molar-refractivity contribution in [2.24, 2.45) is 5.73 Å². The van der Waals surface area contributed by atoms with Crippen LogP contribution < -0.4 is 10.5 Å². The summed E-state index contributed by atoms with van der Waals surface area (Å²) in [5.74, 6) is -0.676. The third-order valence-electron chi connectivity index (χ3n) is 1.74. The van der Waals surface area contributed by atoms with Gasteiger partial charge in [-0.1, -0.05) is 0 Å². The monoisotopic (exact) mass is 301 g/mol. The van der Waals surface area contributed by atoms with Gasteiger partial charge in [-0.15, -0.1) is 0 Å². The molecule has 90 valence electrons. The first-order valence-electron chi connectivity index (χ1n) is 4.23. The maximum absolute atomic E-state index is 12.7. The number of rotatable bonds is 3. The Morgan fingerprint density at radius 2 is 2.00 bits per heavy atom. The fourth-order valence-electron chi connectivity index (χ4n) is 0.973. The molecule has 0 bridgehead atoms. The van der Waals surface area contributed by atoms with Crippen LogP contribution in [-0.4, -0.2) is 18.8 Å². The molecule has 0 amide bonds. The first kappa shape index (κ1) is 13.2. The van der Waals surface area contributed by atoms with Crippen LogP contribution in [0, 0.1) is 5.82 Å². The Morgan fingerprint density at radius 3 is 2.44 bits per heavy atom. The van der Waals surface area contributed by atoms with Gasteiger partial charge in [-0.25, -0.2) is 4.39 Å². The van der Waals surface area contributed by atoms with Crippen molar-refractivity contribution in [3.8, 4) is 5.75 Å². The largest absolute Gasteiger partial charge is 0.478 e. The Bertz CT molecular complexity index is 369. The van der Waals surface area contributed by atoms with Crippen LogP contribution in [0.4, 0.5) is 17.6 Å². The summed E-state index contributed by atoms with van der Waals surface area (Å²) in [7, 11) is 0. The molecule has 0 radical (unpaired) electrons. The molecular weight excluding hydrogens is 294 g/mol. The standard InChI is InChI=1S/C9H8BrF4NO/c10-6-3-5(11)1-2-7(6)16-8(4-15)9(12,13)14/h1-3,8H,4,15H2. The lowest BCUT2D eigenvalue weighted by Crippen LogP contribution is -2.40. The molecule has 1 atom stereocenters. The van der Waals surface area contributed by atoms with E-state index in [2.05, 4.69) is 20.7 Å². The summed E-state index contributed by atoms with van der Waals surface area (Å²) in [6.45, 7) is -0.701. The number of ether oxygens (including phenoxy) is 1. The fraction of sp³-hybridized carbons (Fsp3) is 0.333. The van der Waals surface area contributed by atoms with E-state index in [0.717, 1.165) is 18.2 Å². The van der Waals surface area contributed by atoms with Gasteiger partial charge in [0.1, 0.15) is 11.6 Å². The zero-order valence-corrected chi connectivity index (χ0v) is 9.48. The van der Waals surface area contributed by atoms with E-state index < -0.39 is 24.6 Å². The van der Waals surface area contributed by atoms with Gasteiger partial charge in [0.25, 0.3) is 0 Å². The van der Waals surface area contributed by atoms with Crippen molar-refractivity contribution in [1.82, 2.24) is 0 Å². The van der Waals surface area contributed by atoms with Crippen molar-refractivity contribution in [1.29, 1.82) is 0 Å². The first-order chi connectivity index (χ1) is 7.34. The summed E-state index contributed by atoms with van der Waals surface area (Å²) >= 11 is 2.90. The molecule has 0 aromatic heterocycles. The smallest absolute Gasteiger partial charge is 0.426 e. The number of halogens is 5. The topological polar surface area (TPSA) is 35.2 Å². The van der Waals surface area contributed by atoms with Gasteiger partial charge in [0.05, 0.1) is 4.47 Å². The van der Waals surface area contributed by atoms with Crippen molar-refractivity contribution in [2.45, 2.75) is 12.3 Å². The van der Waals surface area contributed by atoms with Crippen LogP contribution >= 0.6 is 15.9 Å². The van der Waals surface area contributed by atoms with E-state index in [4.69, 9.17) is 5.73 Å². The minimum atomic E-state index is -4.55. The number of hydrogen-bond donors (Lipinski definition) is 1. The SMILES string of the molecule is NCC(Oc1ccc(F)cc1Br)C(F)(F)F. The van der Waals surface area contributed by atoms with E-state index in [1.807, 2.05) is 0 Å². The van der Waals surface area contributed by atoms with Gasteiger partial charge in [0.15, 0.2) is 0 Å². The van der Waals surface area contributed by atoms with E-state index in [9.17, 15) is 17.6 Å². The molecule has 16 heavy (non-hydrogen) atoms. The molecular formula is C9H8BrF4NO. The van der Waals surface area contributed by atoms with Gasteiger partial charge >= 0.3 is 6.18 Å². The van der Waals surface area contributed by atoms with Gasteiger partial charge in [0, 0.05) is 6.54 Å². The van der Waals surface area contributed by atoms with E-state index in [-0.39, 0.29) is 10.2 Å². The van der Waals surface area contributed by atoms with Gasteiger partial charge in [-0.05, 0) is 34.1 Å². The maximum Gasteiger partial charge on any atom is 0.426 e. The highest BCUT2D eigenvalue weighted by Crippen LogP contribution is 2.30. The average Bonchev–Trinajstić information content (AvgIpc) is 2.14. The summed E-state index contributed by atoms with van der Waals surface area (Å²) in [6.07, 6.45) is -6.66. The summed E-state index contributed by atoms with van der Waals surface area (Å²) < 4.78 is 54.4. The maximum atomic E-state index is 12.7. The lowest BCUT2D eigenvalue weighted by atomic mass is 10.3. The lowest BCUT2D eigenvalue weighted by Gasteiger charge is -2.20. The Kier molecular flexibility index (Phi) is 4.15. The molecule has 1 aromatic carbocycles. The summed E-state index contributed by atoms with van der Waals surface area (Å²) in [6, 6.07) is 3.12. The molecule has 0 spiro atoms. The molecule has 1 rings (SSSR count). The molecule has 0 aliphatic heterocycles. The highest BCUT2D eigenvalue weighted by Gasteiger charge is 2.41. The highest BCUT2D eigenvalue weighted by atomic mass is 79.9. The molecule has 7 heteroatoms. The molecule has 2 N–H and O–H groups in total. The fourth-order valence-corrected chi connectivity index (χ4v) is 1.42. The van der Waals surface area contributed by atoms with Gasteiger partial charge < -0.3 is 10.5 Å². The molecule has 2 nitrogen and oxygen atoms in total. The number of nitrogens with two attached hydrogens (primary N) is 1. The van der Waals surface area contributed by atoms with Crippen LogP contribution in [0.3, 0.4) is 0 Å². The van der Waals surface area contributed by atoms with Crippen LogP contribution in [0.25, 0.3) is 0 Å². The predicted molar refractivity (Wildman–Crippen MR) is 53.6 cm³/mol. The molecule has 0 aliphatic carbocycles. The second kappa shape index (κ2) is 5.01. The minimum absolute atomic E-state index is 0.103. The van der Waals surface area contributed by atoms with Crippen LogP contribution in [0.5, 0.6) is 5.75 Å². The van der Waals surface area contributed by atoms with Crippen molar-refractivity contribution < 1.29 is 22.3 Å². The van der Waals surface area contributed by atoms with E-state index in [1.165, 1.54) is 0 Å². The zero-order chi connectivity index (χ0) is 12.3. The van der Waals surface area contributed by atoms with Crippen molar-refractivity contribution in [3.63, 3.8) is 0 Å². The van der Waals surface area contributed by atoms with Crippen LogP contribution in [0.1, 0.15) is 0 Å². The summed E-state index contributed by atoms with van der Waals surface area (Å²) in [5, 5.41) is 0.